The number of carbonyl (C=O) groups excluding carboxylic acids is 1. The molecule has 1 fully saturated rings. The van der Waals surface area contributed by atoms with Gasteiger partial charge in [0.15, 0.2) is 17.5 Å². The van der Waals surface area contributed by atoms with E-state index in [-0.39, 0.29) is 17.9 Å². The Balaban J connectivity index is 1.16. The second kappa shape index (κ2) is 11.2. The van der Waals surface area contributed by atoms with Gasteiger partial charge < -0.3 is 15.4 Å². The number of aromatic amines is 1. The summed E-state index contributed by atoms with van der Waals surface area (Å²) in [5.74, 6) is 1.30. The lowest BCUT2D eigenvalue weighted by atomic mass is 9.76. The highest BCUT2D eigenvalue weighted by atomic mass is 19.1. The quantitative estimate of drug-likeness (QED) is 0.246. The van der Waals surface area contributed by atoms with Gasteiger partial charge in [-0.3, -0.25) is 9.89 Å². The maximum Gasteiger partial charge on any atom is 0.252 e. The molecule has 5 aromatic heterocycles. The molecule has 6 rings (SSSR count). The Morgan fingerprint density at radius 2 is 2.02 bits per heavy atom. The van der Waals surface area contributed by atoms with Gasteiger partial charge in [0.1, 0.15) is 11.4 Å². The smallest absolute Gasteiger partial charge is 0.252 e. The molecule has 0 bridgehead atoms. The number of hydrogen-bond acceptors (Lipinski definition) is 9. The minimum absolute atomic E-state index is 0.108. The molecule has 0 aromatic carbocycles. The summed E-state index contributed by atoms with van der Waals surface area (Å²) >= 11 is 0. The number of carbonyl (C=O) groups is 1. The highest BCUT2D eigenvalue weighted by molar-refractivity contribution is 5.86. The van der Waals surface area contributed by atoms with Crippen LogP contribution in [0.15, 0.2) is 55.1 Å². The lowest BCUT2D eigenvalue weighted by Gasteiger charge is -2.38. The van der Waals surface area contributed by atoms with Crippen molar-refractivity contribution in [2.24, 2.45) is 0 Å². The molecule has 1 atom stereocenters. The summed E-state index contributed by atoms with van der Waals surface area (Å²) in [5.41, 5.74) is 2.45. The van der Waals surface area contributed by atoms with Gasteiger partial charge in [0, 0.05) is 42.4 Å². The first-order valence-electron chi connectivity index (χ1n) is 13.8. The molecular weight excluding hydrogens is 539 g/mol. The minimum Gasteiger partial charge on any atom is -0.368 e. The average Bonchev–Trinajstić information content (AvgIpc) is 3.64. The molecule has 42 heavy (non-hydrogen) atoms. The molecule has 0 saturated heterocycles. The lowest BCUT2D eigenvalue weighted by Crippen LogP contribution is -2.50. The Kier molecular flexibility index (Phi) is 7.33. The van der Waals surface area contributed by atoms with E-state index in [9.17, 15) is 9.18 Å². The fourth-order valence-electron chi connectivity index (χ4n) is 5.51. The normalized spacial score (nSPS) is 19.5. The van der Waals surface area contributed by atoms with Gasteiger partial charge in [-0.2, -0.15) is 20.4 Å². The van der Waals surface area contributed by atoms with Gasteiger partial charge in [-0.15, -0.1) is 0 Å². The van der Waals surface area contributed by atoms with Crippen molar-refractivity contribution in [2.75, 3.05) is 12.4 Å². The number of aryl methyl sites for hydroxylation is 1. The number of ether oxygens (including phenoxy) is 1. The third kappa shape index (κ3) is 5.42. The standard InChI is InChI=1S/C29H31FN10O2/c1-17-12-25(39-37-17)35-24-13-23-22(8-11-32-38-23)27(36-24)19-6-9-29(42-3,10-7-19)28(41)34-18(2)20-4-5-26(31-14-20)40-16-21(30)15-33-40/h4-5,8,11-16,18-19H,6-7,9-10H2,1-3H3,(H,34,41)(H2,35,36,37,39)/t18-,19-,29+/m0/s1. The number of methoxy groups -OCH3 is 1. The Hall–Kier alpha value is -4.78. The number of anilines is 2. The molecule has 1 saturated carbocycles. The molecule has 1 amide bonds. The number of fused-ring (bicyclic) bond motifs is 1. The van der Waals surface area contributed by atoms with Crippen LogP contribution in [0, 0.1) is 12.7 Å². The molecule has 0 radical (unpaired) electrons. The summed E-state index contributed by atoms with van der Waals surface area (Å²) in [6, 6.07) is 8.97. The van der Waals surface area contributed by atoms with Gasteiger partial charge in [-0.25, -0.2) is 19.0 Å². The van der Waals surface area contributed by atoms with Crippen molar-refractivity contribution in [2.45, 2.75) is 57.1 Å². The molecule has 3 N–H and O–H groups in total. The number of rotatable bonds is 8. The number of aromatic nitrogens is 8. The fraction of sp³-hybridized carbons (Fsp3) is 0.345. The van der Waals surface area contributed by atoms with E-state index >= 15 is 0 Å². The molecule has 1 aliphatic rings. The maximum atomic E-state index is 13.6. The molecule has 0 spiro atoms. The topological polar surface area (TPSA) is 148 Å². The van der Waals surface area contributed by atoms with Crippen LogP contribution in [0.1, 0.15) is 61.5 Å². The van der Waals surface area contributed by atoms with Crippen molar-refractivity contribution in [3.8, 4) is 5.82 Å². The van der Waals surface area contributed by atoms with Crippen molar-refractivity contribution < 1.29 is 13.9 Å². The third-order valence-corrected chi connectivity index (χ3v) is 7.89. The van der Waals surface area contributed by atoms with Crippen LogP contribution in [0.2, 0.25) is 0 Å². The molecule has 0 aliphatic heterocycles. The summed E-state index contributed by atoms with van der Waals surface area (Å²) in [7, 11) is 1.59. The molecule has 13 heteroatoms. The zero-order chi connectivity index (χ0) is 29.3. The summed E-state index contributed by atoms with van der Waals surface area (Å²) in [6.45, 7) is 3.83. The van der Waals surface area contributed by atoms with Crippen LogP contribution in [0.4, 0.5) is 16.0 Å². The molecule has 216 valence electrons. The number of halogens is 1. The Morgan fingerprint density at radius 1 is 1.19 bits per heavy atom. The van der Waals surface area contributed by atoms with Crippen molar-refractivity contribution in [3.05, 3.63) is 77.9 Å². The minimum atomic E-state index is -0.956. The predicted octanol–water partition coefficient (Wildman–Crippen LogP) is 4.44. The van der Waals surface area contributed by atoms with Crippen LogP contribution < -0.4 is 10.6 Å². The second-order valence-corrected chi connectivity index (χ2v) is 10.6. The van der Waals surface area contributed by atoms with Gasteiger partial charge in [0.25, 0.3) is 5.91 Å². The van der Waals surface area contributed by atoms with E-state index in [1.165, 1.54) is 10.9 Å². The fourth-order valence-corrected chi connectivity index (χ4v) is 5.51. The first kappa shape index (κ1) is 27.4. The van der Waals surface area contributed by atoms with E-state index in [4.69, 9.17) is 9.72 Å². The molecule has 5 aromatic rings. The SMILES string of the molecule is CO[C@]1(C(=O)N[C@@H](C)c2ccc(-n3cc(F)cn3)nc2)CC[C@H](c2nc(Nc3cc(C)[nH]n3)cc3nnccc32)CC1. The van der Waals surface area contributed by atoms with E-state index in [1.807, 2.05) is 38.1 Å². The number of H-pyrrole nitrogens is 1. The molecule has 1 aliphatic carbocycles. The van der Waals surface area contributed by atoms with Crippen molar-refractivity contribution in [1.82, 2.24) is 45.5 Å². The maximum absolute atomic E-state index is 13.6. The number of amides is 1. The first-order chi connectivity index (χ1) is 20.3. The third-order valence-electron chi connectivity index (χ3n) is 7.89. The van der Waals surface area contributed by atoms with Crippen LogP contribution in [0.25, 0.3) is 16.7 Å². The summed E-state index contributed by atoms with van der Waals surface area (Å²) in [6.07, 6.45) is 8.19. The largest absolute Gasteiger partial charge is 0.368 e. The predicted molar refractivity (Wildman–Crippen MR) is 153 cm³/mol. The number of hydrogen-bond donors (Lipinski definition) is 3. The Morgan fingerprint density at radius 3 is 2.69 bits per heavy atom. The Bertz CT molecular complexity index is 1710. The van der Waals surface area contributed by atoms with E-state index in [0.717, 1.165) is 34.1 Å². The van der Waals surface area contributed by atoms with E-state index in [2.05, 4.69) is 41.1 Å². The van der Waals surface area contributed by atoms with Crippen LogP contribution in [0.3, 0.4) is 0 Å². The van der Waals surface area contributed by atoms with E-state index in [0.29, 0.717) is 43.1 Å². The number of nitrogens with one attached hydrogen (secondary N) is 3. The van der Waals surface area contributed by atoms with Gasteiger partial charge in [-0.1, -0.05) is 6.07 Å². The van der Waals surface area contributed by atoms with Crippen LogP contribution >= 0.6 is 0 Å². The van der Waals surface area contributed by atoms with Crippen molar-refractivity contribution >= 4 is 28.4 Å². The molecule has 0 unspecified atom stereocenters. The van der Waals surface area contributed by atoms with Crippen LogP contribution in [-0.2, 0) is 9.53 Å². The lowest BCUT2D eigenvalue weighted by molar-refractivity contribution is -0.148. The van der Waals surface area contributed by atoms with Gasteiger partial charge in [-0.05, 0) is 57.2 Å². The summed E-state index contributed by atoms with van der Waals surface area (Å²) in [5, 5.41) is 26.8. The Labute approximate surface area is 241 Å². The first-order valence-corrected chi connectivity index (χ1v) is 13.8. The van der Waals surface area contributed by atoms with E-state index in [1.54, 1.807) is 25.6 Å². The highest BCUT2D eigenvalue weighted by Gasteiger charge is 2.43. The van der Waals surface area contributed by atoms with Crippen molar-refractivity contribution in [3.63, 3.8) is 0 Å². The second-order valence-electron chi connectivity index (χ2n) is 10.6. The molecule has 12 nitrogen and oxygen atoms in total. The van der Waals surface area contributed by atoms with E-state index < -0.39 is 11.4 Å². The monoisotopic (exact) mass is 570 g/mol. The molecule has 5 heterocycles. The average molecular weight is 571 g/mol. The zero-order valence-electron chi connectivity index (χ0n) is 23.5. The zero-order valence-corrected chi connectivity index (χ0v) is 23.5. The highest BCUT2D eigenvalue weighted by Crippen LogP contribution is 2.42. The van der Waals surface area contributed by atoms with Gasteiger partial charge >= 0.3 is 0 Å². The number of pyridine rings is 2. The van der Waals surface area contributed by atoms with Crippen molar-refractivity contribution in [1.29, 1.82) is 0 Å². The summed E-state index contributed by atoms with van der Waals surface area (Å²) < 4.78 is 20.6. The summed E-state index contributed by atoms with van der Waals surface area (Å²) in [4.78, 5) is 22.9. The van der Waals surface area contributed by atoms with Crippen LogP contribution in [0.5, 0.6) is 0 Å². The van der Waals surface area contributed by atoms with Gasteiger partial charge in [0.2, 0.25) is 0 Å². The van der Waals surface area contributed by atoms with Gasteiger partial charge in [0.05, 0.1) is 35.8 Å². The molecular formula is C29H31FN10O2. The number of nitrogens with zero attached hydrogens (tertiary/aromatic N) is 7. The van der Waals surface area contributed by atoms with Crippen LogP contribution in [-0.4, -0.2) is 58.8 Å².